The molecule has 1 atom stereocenters. The zero-order valence-corrected chi connectivity index (χ0v) is 20.3. The van der Waals surface area contributed by atoms with Gasteiger partial charge in [0.2, 0.25) is 0 Å². The van der Waals surface area contributed by atoms with Gasteiger partial charge < -0.3 is 15.3 Å². The Morgan fingerprint density at radius 3 is 2.69 bits per heavy atom. The van der Waals surface area contributed by atoms with E-state index in [1.807, 2.05) is 30.5 Å². The molecule has 7 heteroatoms. The first kappa shape index (κ1) is 22.6. The highest BCUT2D eigenvalue weighted by Crippen LogP contribution is 2.34. The lowest BCUT2D eigenvalue weighted by atomic mass is 9.90. The SMILES string of the molecule is NCc1nc(CN(Cc2nc3ccccc3[nH]2)C2CCCc3cccnc32)cn1Cc1ccccc1. The van der Waals surface area contributed by atoms with Crippen LogP contribution in [0.2, 0.25) is 0 Å². The number of aromatic nitrogens is 5. The first-order chi connectivity index (χ1) is 17.8. The van der Waals surface area contributed by atoms with E-state index >= 15 is 0 Å². The molecule has 2 aromatic carbocycles. The Labute approximate surface area is 211 Å². The third-order valence-electron chi connectivity index (χ3n) is 7.05. The summed E-state index contributed by atoms with van der Waals surface area (Å²) in [6, 6.07) is 23.1. The van der Waals surface area contributed by atoms with Crippen molar-refractivity contribution in [2.45, 2.75) is 51.5 Å². The molecule has 0 fully saturated rings. The highest BCUT2D eigenvalue weighted by atomic mass is 15.2. The van der Waals surface area contributed by atoms with Crippen LogP contribution in [0.1, 0.15) is 53.0 Å². The maximum absolute atomic E-state index is 6.10. The van der Waals surface area contributed by atoms with Crippen molar-refractivity contribution >= 4 is 11.0 Å². The number of nitrogens with two attached hydrogens (primary N) is 1. The van der Waals surface area contributed by atoms with Gasteiger partial charge in [-0.25, -0.2) is 9.97 Å². The number of H-pyrrole nitrogens is 1. The van der Waals surface area contributed by atoms with E-state index in [2.05, 4.69) is 63.1 Å². The van der Waals surface area contributed by atoms with Crippen molar-refractivity contribution in [1.82, 2.24) is 29.4 Å². The van der Waals surface area contributed by atoms with Crippen molar-refractivity contribution in [2.75, 3.05) is 0 Å². The van der Waals surface area contributed by atoms with E-state index in [9.17, 15) is 0 Å². The second-order valence-electron chi connectivity index (χ2n) is 9.53. The largest absolute Gasteiger partial charge is 0.341 e. The molecule has 36 heavy (non-hydrogen) atoms. The lowest BCUT2D eigenvalue weighted by molar-refractivity contribution is 0.152. The Kier molecular flexibility index (Phi) is 6.32. The number of pyridine rings is 1. The minimum atomic E-state index is 0.212. The molecule has 5 aromatic rings. The van der Waals surface area contributed by atoms with Crippen molar-refractivity contribution in [2.24, 2.45) is 5.73 Å². The molecule has 1 aliphatic rings. The fraction of sp³-hybridized carbons (Fsp3) is 0.276. The number of aryl methyl sites for hydroxylation is 1. The van der Waals surface area contributed by atoms with Gasteiger partial charge in [-0.2, -0.15) is 0 Å². The van der Waals surface area contributed by atoms with Gasteiger partial charge in [0.25, 0.3) is 0 Å². The van der Waals surface area contributed by atoms with Crippen LogP contribution in [0, 0.1) is 0 Å². The van der Waals surface area contributed by atoms with Crippen molar-refractivity contribution < 1.29 is 0 Å². The number of imidazole rings is 2. The van der Waals surface area contributed by atoms with Gasteiger partial charge in [0.1, 0.15) is 11.6 Å². The van der Waals surface area contributed by atoms with Gasteiger partial charge in [0.15, 0.2) is 0 Å². The van der Waals surface area contributed by atoms with Crippen LogP contribution in [0.5, 0.6) is 0 Å². The number of hydrogen-bond donors (Lipinski definition) is 2. The molecule has 3 heterocycles. The van der Waals surface area contributed by atoms with Gasteiger partial charge in [-0.1, -0.05) is 48.5 Å². The van der Waals surface area contributed by atoms with Crippen LogP contribution < -0.4 is 5.73 Å². The maximum Gasteiger partial charge on any atom is 0.123 e. The van der Waals surface area contributed by atoms with Crippen molar-refractivity contribution in [3.05, 3.63) is 113 Å². The van der Waals surface area contributed by atoms with Crippen molar-refractivity contribution in [3.8, 4) is 0 Å². The molecular formula is C29H31N7. The van der Waals surface area contributed by atoms with Gasteiger partial charge in [0.05, 0.1) is 41.6 Å². The smallest absolute Gasteiger partial charge is 0.123 e. The standard InChI is InChI=1S/C29H31N7/c30-16-28-32-23(19-36(28)17-21-8-2-1-3-9-21)18-35(20-27-33-24-12-4-5-13-25(24)34-27)26-14-6-10-22-11-7-15-31-29(22)26/h1-5,7-9,11-13,15,19,26H,6,10,14,16-18,20,30H2,(H,33,34). The molecule has 0 amide bonds. The molecule has 1 aliphatic carbocycles. The van der Waals surface area contributed by atoms with Crippen LogP contribution in [-0.4, -0.2) is 29.4 Å². The number of benzene rings is 2. The zero-order valence-electron chi connectivity index (χ0n) is 20.3. The van der Waals surface area contributed by atoms with E-state index in [-0.39, 0.29) is 6.04 Å². The minimum absolute atomic E-state index is 0.212. The highest BCUT2D eigenvalue weighted by molar-refractivity contribution is 5.74. The van der Waals surface area contributed by atoms with Crippen molar-refractivity contribution in [3.63, 3.8) is 0 Å². The molecule has 0 saturated carbocycles. The van der Waals surface area contributed by atoms with Gasteiger partial charge in [-0.05, 0) is 48.6 Å². The quantitative estimate of drug-likeness (QED) is 0.337. The normalized spacial score (nSPS) is 15.4. The Hall–Kier alpha value is -3.81. The number of nitrogens with one attached hydrogen (secondary N) is 1. The third kappa shape index (κ3) is 4.67. The number of rotatable bonds is 8. The van der Waals surface area contributed by atoms with Gasteiger partial charge in [-0.3, -0.25) is 9.88 Å². The molecule has 0 saturated heterocycles. The molecule has 7 nitrogen and oxygen atoms in total. The summed E-state index contributed by atoms with van der Waals surface area (Å²) < 4.78 is 2.18. The monoisotopic (exact) mass is 477 g/mol. The first-order valence-electron chi connectivity index (χ1n) is 12.7. The average Bonchev–Trinajstić information content (AvgIpc) is 3.51. The Morgan fingerprint density at radius 1 is 0.972 bits per heavy atom. The molecule has 0 radical (unpaired) electrons. The van der Waals surface area contributed by atoms with E-state index in [1.54, 1.807) is 0 Å². The highest BCUT2D eigenvalue weighted by Gasteiger charge is 2.29. The number of hydrogen-bond acceptors (Lipinski definition) is 5. The summed E-state index contributed by atoms with van der Waals surface area (Å²) in [6.07, 6.45) is 7.37. The van der Waals surface area contributed by atoms with E-state index in [0.717, 1.165) is 54.2 Å². The Bertz CT molecular complexity index is 1420. The predicted molar refractivity (Wildman–Crippen MR) is 141 cm³/mol. The Morgan fingerprint density at radius 2 is 1.83 bits per heavy atom. The Balaban J connectivity index is 1.33. The summed E-state index contributed by atoms with van der Waals surface area (Å²) in [5.74, 6) is 1.86. The average molecular weight is 478 g/mol. The second-order valence-corrected chi connectivity index (χ2v) is 9.53. The van der Waals surface area contributed by atoms with Crippen LogP contribution in [0.4, 0.5) is 0 Å². The molecular weight excluding hydrogens is 446 g/mol. The van der Waals surface area contributed by atoms with Gasteiger partial charge >= 0.3 is 0 Å². The molecule has 0 bridgehead atoms. The summed E-state index contributed by atoms with van der Waals surface area (Å²) in [4.78, 5) is 20.6. The summed E-state index contributed by atoms with van der Waals surface area (Å²) in [5, 5.41) is 0. The molecule has 3 N–H and O–H groups in total. The van der Waals surface area contributed by atoms with Gasteiger partial charge in [-0.15, -0.1) is 0 Å². The first-order valence-corrected chi connectivity index (χ1v) is 12.7. The lowest BCUT2D eigenvalue weighted by Crippen LogP contribution is -2.32. The molecule has 182 valence electrons. The predicted octanol–water partition coefficient (Wildman–Crippen LogP) is 4.74. The van der Waals surface area contributed by atoms with Crippen LogP contribution in [0.15, 0.2) is 79.1 Å². The van der Waals surface area contributed by atoms with Crippen LogP contribution in [0.25, 0.3) is 11.0 Å². The topological polar surface area (TPSA) is 88.7 Å². The summed E-state index contributed by atoms with van der Waals surface area (Å²) in [7, 11) is 0. The second kappa shape index (κ2) is 10.0. The summed E-state index contributed by atoms with van der Waals surface area (Å²) in [6.45, 7) is 2.56. The maximum atomic E-state index is 6.10. The third-order valence-corrected chi connectivity index (χ3v) is 7.05. The van der Waals surface area contributed by atoms with E-state index < -0.39 is 0 Å². The summed E-state index contributed by atoms with van der Waals surface area (Å²) >= 11 is 0. The van der Waals surface area contributed by atoms with Crippen LogP contribution >= 0.6 is 0 Å². The molecule has 0 spiro atoms. The van der Waals surface area contributed by atoms with Crippen molar-refractivity contribution in [1.29, 1.82) is 0 Å². The minimum Gasteiger partial charge on any atom is -0.341 e. The number of para-hydroxylation sites is 2. The van der Waals surface area contributed by atoms with Crippen LogP contribution in [-0.2, 0) is 32.6 Å². The fourth-order valence-corrected chi connectivity index (χ4v) is 5.37. The summed E-state index contributed by atoms with van der Waals surface area (Å²) in [5.41, 5.74) is 12.9. The lowest BCUT2D eigenvalue weighted by Gasteiger charge is -2.34. The fourth-order valence-electron chi connectivity index (χ4n) is 5.37. The van der Waals surface area contributed by atoms with E-state index in [1.165, 1.54) is 16.8 Å². The van der Waals surface area contributed by atoms with Gasteiger partial charge in [0, 0.05) is 25.5 Å². The molecule has 6 rings (SSSR count). The number of nitrogens with zero attached hydrogens (tertiary/aromatic N) is 5. The zero-order chi connectivity index (χ0) is 24.3. The molecule has 1 unspecified atom stereocenters. The van der Waals surface area contributed by atoms with E-state index in [0.29, 0.717) is 19.6 Å². The molecule has 3 aromatic heterocycles. The molecule has 0 aliphatic heterocycles. The number of aromatic amines is 1. The number of fused-ring (bicyclic) bond motifs is 2. The van der Waals surface area contributed by atoms with Crippen LogP contribution in [0.3, 0.4) is 0 Å². The van der Waals surface area contributed by atoms with E-state index in [4.69, 9.17) is 20.7 Å².